The zero-order valence-electron chi connectivity index (χ0n) is 9.91. The molecule has 0 amide bonds. The lowest BCUT2D eigenvalue weighted by Crippen LogP contribution is -2.00. The molecule has 2 aromatic carbocycles. The van der Waals surface area contributed by atoms with E-state index in [4.69, 9.17) is 16.3 Å². The predicted molar refractivity (Wildman–Crippen MR) is 71.7 cm³/mol. The molecule has 0 fully saturated rings. The summed E-state index contributed by atoms with van der Waals surface area (Å²) >= 11 is 5.89. The van der Waals surface area contributed by atoms with Crippen molar-refractivity contribution in [3.8, 4) is 5.75 Å². The molecular weight excluding hydrogens is 253 g/mol. The minimum atomic E-state index is -0.331. The number of hydrogen-bond acceptors (Lipinski definition) is 2. The van der Waals surface area contributed by atoms with Gasteiger partial charge >= 0.3 is 0 Å². The van der Waals surface area contributed by atoms with Crippen molar-refractivity contribution >= 4 is 17.3 Å². The average Bonchev–Trinajstić information content (AvgIpc) is 2.36. The highest BCUT2D eigenvalue weighted by Gasteiger charge is 2.01. The molecule has 2 nitrogen and oxygen atoms in total. The van der Waals surface area contributed by atoms with E-state index in [2.05, 4.69) is 5.32 Å². The fourth-order valence-corrected chi connectivity index (χ4v) is 1.85. The summed E-state index contributed by atoms with van der Waals surface area (Å²) in [5, 5.41) is 3.81. The van der Waals surface area contributed by atoms with Crippen molar-refractivity contribution in [3.05, 3.63) is 58.9 Å². The van der Waals surface area contributed by atoms with Crippen LogP contribution < -0.4 is 10.1 Å². The topological polar surface area (TPSA) is 21.3 Å². The van der Waals surface area contributed by atoms with Crippen LogP contribution in [-0.2, 0) is 6.54 Å². The maximum atomic E-state index is 13.3. The summed E-state index contributed by atoms with van der Waals surface area (Å²) in [6.45, 7) is 0.577. The van der Waals surface area contributed by atoms with E-state index >= 15 is 0 Å². The number of benzene rings is 2. The van der Waals surface area contributed by atoms with E-state index < -0.39 is 0 Å². The first-order chi connectivity index (χ1) is 8.67. The van der Waals surface area contributed by atoms with Crippen molar-refractivity contribution in [2.75, 3.05) is 12.4 Å². The van der Waals surface area contributed by atoms with Crippen LogP contribution in [0.5, 0.6) is 5.75 Å². The van der Waals surface area contributed by atoms with E-state index in [1.807, 2.05) is 24.3 Å². The molecule has 0 saturated carbocycles. The molecule has 18 heavy (non-hydrogen) atoms. The molecule has 94 valence electrons. The van der Waals surface area contributed by atoms with Gasteiger partial charge in [0.15, 0.2) is 0 Å². The summed E-state index contributed by atoms with van der Waals surface area (Å²) in [6, 6.07) is 12.0. The third-order valence-electron chi connectivity index (χ3n) is 2.49. The summed E-state index contributed by atoms with van der Waals surface area (Å²) in [7, 11) is 1.51. The second-order valence-electron chi connectivity index (χ2n) is 3.86. The van der Waals surface area contributed by atoms with E-state index in [9.17, 15) is 4.39 Å². The number of anilines is 1. The van der Waals surface area contributed by atoms with Crippen LogP contribution in [0.3, 0.4) is 0 Å². The Morgan fingerprint density at radius 3 is 2.78 bits per heavy atom. The van der Waals surface area contributed by atoms with Crippen LogP contribution in [0.15, 0.2) is 42.5 Å². The normalized spacial score (nSPS) is 10.2. The van der Waals surface area contributed by atoms with Gasteiger partial charge in [-0.2, -0.15) is 0 Å². The third-order valence-corrected chi connectivity index (χ3v) is 2.73. The molecule has 0 aliphatic carbocycles. The highest BCUT2D eigenvalue weighted by molar-refractivity contribution is 6.30. The first-order valence-corrected chi connectivity index (χ1v) is 5.88. The SMILES string of the molecule is COc1cc(F)cc(NCc2cccc(Cl)c2)c1. The summed E-state index contributed by atoms with van der Waals surface area (Å²) in [6.07, 6.45) is 0. The average molecular weight is 266 g/mol. The van der Waals surface area contributed by atoms with Crippen LogP contribution in [0, 0.1) is 5.82 Å². The zero-order chi connectivity index (χ0) is 13.0. The molecule has 0 radical (unpaired) electrons. The molecule has 0 aliphatic rings. The Bertz CT molecular complexity index is 545. The van der Waals surface area contributed by atoms with Gasteiger partial charge in [0.25, 0.3) is 0 Å². The molecule has 0 atom stereocenters. The van der Waals surface area contributed by atoms with Gasteiger partial charge < -0.3 is 10.1 Å². The van der Waals surface area contributed by atoms with E-state index in [0.717, 1.165) is 5.56 Å². The van der Waals surface area contributed by atoms with Gasteiger partial charge in [-0.15, -0.1) is 0 Å². The number of ether oxygens (including phenoxy) is 1. The summed E-state index contributed by atoms with van der Waals surface area (Å²) in [5.74, 6) is 0.159. The van der Waals surface area contributed by atoms with Crippen molar-refractivity contribution in [2.45, 2.75) is 6.54 Å². The maximum absolute atomic E-state index is 13.3. The van der Waals surface area contributed by atoms with Gasteiger partial charge in [0, 0.05) is 29.4 Å². The van der Waals surface area contributed by atoms with Crippen molar-refractivity contribution < 1.29 is 9.13 Å². The van der Waals surface area contributed by atoms with E-state index in [0.29, 0.717) is 23.0 Å². The standard InChI is InChI=1S/C14H13ClFNO/c1-18-14-7-12(16)6-13(8-14)17-9-10-3-2-4-11(15)5-10/h2-8,17H,9H2,1H3. The van der Waals surface area contributed by atoms with Crippen molar-refractivity contribution in [3.63, 3.8) is 0 Å². The molecule has 0 unspecified atom stereocenters. The number of hydrogen-bond donors (Lipinski definition) is 1. The molecule has 1 N–H and O–H groups in total. The molecule has 0 bridgehead atoms. The lowest BCUT2D eigenvalue weighted by molar-refractivity contribution is 0.411. The Labute approximate surface area is 110 Å². The quantitative estimate of drug-likeness (QED) is 0.899. The molecule has 0 heterocycles. The van der Waals surface area contributed by atoms with Gasteiger partial charge in [-0.3, -0.25) is 0 Å². The van der Waals surface area contributed by atoms with Crippen molar-refractivity contribution in [1.29, 1.82) is 0 Å². The molecule has 2 aromatic rings. The fourth-order valence-electron chi connectivity index (χ4n) is 1.63. The van der Waals surface area contributed by atoms with Gasteiger partial charge in [0.05, 0.1) is 7.11 Å². The van der Waals surface area contributed by atoms with Crippen molar-refractivity contribution in [1.82, 2.24) is 0 Å². The van der Waals surface area contributed by atoms with Crippen molar-refractivity contribution in [2.24, 2.45) is 0 Å². The molecule has 0 aliphatic heterocycles. The molecule has 0 saturated heterocycles. The lowest BCUT2D eigenvalue weighted by Gasteiger charge is -2.09. The number of methoxy groups -OCH3 is 1. The smallest absolute Gasteiger partial charge is 0.128 e. The molecule has 4 heteroatoms. The maximum Gasteiger partial charge on any atom is 0.128 e. The van der Waals surface area contributed by atoms with Gasteiger partial charge in [0.2, 0.25) is 0 Å². The van der Waals surface area contributed by atoms with E-state index in [1.54, 1.807) is 6.07 Å². The van der Waals surface area contributed by atoms with Gasteiger partial charge in [0.1, 0.15) is 11.6 Å². The second kappa shape index (κ2) is 5.74. The zero-order valence-corrected chi connectivity index (χ0v) is 10.7. The fraction of sp³-hybridized carbons (Fsp3) is 0.143. The number of rotatable bonds is 4. The highest BCUT2D eigenvalue weighted by Crippen LogP contribution is 2.20. The lowest BCUT2D eigenvalue weighted by atomic mass is 10.2. The van der Waals surface area contributed by atoms with Crippen LogP contribution in [0.2, 0.25) is 5.02 Å². The number of halogens is 2. The Morgan fingerprint density at radius 1 is 1.22 bits per heavy atom. The first kappa shape index (κ1) is 12.7. The largest absolute Gasteiger partial charge is 0.497 e. The Balaban J connectivity index is 2.08. The number of nitrogens with one attached hydrogen (secondary N) is 1. The third kappa shape index (κ3) is 3.37. The Kier molecular flexibility index (Phi) is 4.05. The van der Waals surface area contributed by atoms with Crippen LogP contribution >= 0.6 is 11.6 Å². The summed E-state index contributed by atoms with van der Waals surface area (Å²) in [5.41, 5.74) is 1.71. The second-order valence-corrected chi connectivity index (χ2v) is 4.30. The van der Waals surface area contributed by atoms with Gasteiger partial charge in [-0.05, 0) is 23.8 Å². The minimum Gasteiger partial charge on any atom is -0.497 e. The molecule has 0 aromatic heterocycles. The molecular formula is C14H13ClFNO. The molecule has 0 spiro atoms. The van der Waals surface area contributed by atoms with Crippen LogP contribution in [-0.4, -0.2) is 7.11 Å². The Morgan fingerprint density at radius 2 is 2.06 bits per heavy atom. The van der Waals surface area contributed by atoms with Crippen LogP contribution in [0.1, 0.15) is 5.56 Å². The highest BCUT2D eigenvalue weighted by atomic mass is 35.5. The minimum absolute atomic E-state index is 0.331. The van der Waals surface area contributed by atoms with E-state index in [1.165, 1.54) is 19.2 Å². The molecule has 2 rings (SSSR count). The van der Waals surface area contributed by atoms with Gasteiger partial charge in [-0.1, -0.05) is 23.7 Å². The van der Waals surface area contributed by atoms with E-state index in [-0.39, 0.29) is 5.82 Å². The first-order valence-electron chi connectivity index (χ1n) is 5.50. The summed E-state index contributed by atoms with van der Waals surface area (Å²) in [4.78, 5) is 0. The predicted octanol–water partition coefficient (Wildman–Crippen LogP) is 4.10. The Hall–Kier alpha value is -1.74. The monoisotopic (exact) mass is 265 g/mol. The van der Waals surface area contributed by atoms with Crippen LogP contribution in [0.4, 0.5) is 10.1 Å². The summed E-state index contributed by atoms with van der Waals surface area (Å²) < 4.78 is 18.3. The van der Waals surface area contributed by atoms with Gasteiger partial charge in [-0.25, -0.2) is 4.39 Å². The van der Waals surface area contributed by atoms with Crippen LogP contribution in [0.25, 0.3) is 0 Å².